The highest BCUT2D eigenvalue weighted by Crippen LogP contribution is 2.18. The van der Waals surface area contributed by atoms with E-state index in [2.05, 4.69) is 59.2 Å². The summed E-state index contributed by atoms with van der Waals surface area (Å²) >= 11 is 0. The van der Waals surface area contributed by atoms with Crippen LogP contribution in [0.25, 0.3) is 0 Å². The van der Waals surface area contributed by atoms with Gasteiger partial charge in [-0.15, -0.1) is 0 Å². The number of nitrogens with zero attached hydrogens (tertiary/aromatic N) is 1. The molecule has 2 aromatic carbocycles. The van der Waals surface area contributed by atoms with E-state index in [9.17, 15) is 0 Å². The van der Waals surface area contributed by atoms with Crippen LogP contribution in [0.5, 0.6) is 0 Å². The molecule has 0 bridgehead atoms. The summed E-state index contributed by atoms with van der Waals surface area (Å²) < 4.78 is 0. The summed E-state index contributed by atoms with van der Waals surface area (Å²) in [7, 11) is 0. The molecule has 1 aliphatic heterocycles. The first kappa shape index (κ1) is 13.9. The average Bonchev–Trinajstić information content (AvgIpc) is 2.56. The lowest BCUT2D eigenvalue weighted by molar-refractivity contribution is 0.199. The molecule has 0 saturated carbocycles. The Balaban J connectivity index is 1.50. The van der Waals surface area contributed by atoms with Gasteiger partial charge in [0.15, 0.2) is 0 Å². The molecule has 1 aliphatic rings. The molecule has 0 radical (unpaired) electrons. The maximum Gasteiger partial charge on any atom is 0.0245 e. The predicted molar refractivity (Wildman–Crippen MR) is 87.8 cm³/mol. The second kappa shape index (κ2) is 7.11. The fourth-order valence-corrected chi connectivity index (χ4v) is 2.78. The molecule has 1 heteroatoms. The molecule has 21 heavy (non-hydrogen) atoms. The van der Waals surface area contributed by atoms with Crippen LogP contribution in [-0.4, -0.2) is 18.0 Å². The Bertz CT molecular complexity index is 599. The van der Waals surface area contributed by atoms with Crippen molar-refractivity contribution >= 4 is 0 Å². The molecule has 0 aromatic heterocycles. The number of rotatable bonds is 2. The molecule has 0 amide bonds. The molecule has 1 heterocycles. The summed E-state index contributed by atoms with van der Waals surface area (Å²) in [6, 6.07) is 21.0. The minimum atomic E-state index is 0.553. The Labute approximate surface area is 127 Å². The van der Waals surface area contributed by atoms with E-state index in [1.54, 1.807) is 0 Å². The third-order valence-corrected chi connectivity index (χ3v) is 4.03. The zero-order valence-electron chi connectivity index (χ0n) is 12.3. The highest BCUT2D eigenvalue weighted by molar-refractivity contribution is 5.34. The zero-order valence-corrected chi connectivity index (χ0v) is 12.3. The second-order valence-corrected chi connectivity index (χ2v) is 5.67. The standard InChI is InChI=1S/C20H21N/c1-3-7-18(8-4-1)11-12-19-13-15-21(16-14-19)17-20-9-5-2-6-10-20/h1-10,19H,13-17H2. The molecule has 106 valence electrons. The van der Waals surface area contributed by atoms with Crippen LogP contribution in [0.2, 0.25) is 0 Å². The summed E-state index contributed by atoms with van der Waals surface area (Å²) in [5.41, 5.74) is 2.54. The minimum Gasteiger partial charge on any atom is -0.299 e. The zero-order chi connectivity index (χ0) is 14.3. The Morgan fingerprint density at radius 2 is 1.48 bits per heavy atom. The van der Waals surface area contributed by atoms with Crippen molar-refractivity contribution in [2.75, 3.05) is 13.1 Å². The maximum atomic E-state index is 3.45. The van der Waals surface area contributed by atoms with Gasteiger partial charge < -0.3 is 0 Å². The molecule has 0 N–H and O–H groups in total. The van der Waals surface area contributed by atoms with Crippen molar-refractivity contribution in [2.24, 2.45) is 5.92 Å². The van der Waals surface area contributed by atoms with Crippen molar-refractivity contribution in [3.05, 3.63) is 71.8 Å². The molecule has 0 atom stereocenters. The lowest BCUT2D eigenvalue weighted by Gasteiger charge is -2.29. The summed E-state index contributed by atoms with van der Waals surface area (Å²) in [6.07, 6.45) is 2.37. The van der Waals surface area contributed by atoms with Crippen molar-refractivity contribution in [1.82, 2.24) is 4.90 Å². The normalized spacial score (nSPS) is 16.2. The van der Waals surface area contributed by atoms with Gasteiger partial charge in [0.25, 0.3) is 0 Å². The molecule has 0 spiro atoms. The van der Waals surface area contributed by atoms with Crippen LogP contribution in [0.1, 0.15) is 24.0 Å². The first-order chi connectivity index (χ1) is 10.4. The summed E-state index contributed by atoms with van der Waals surface area (Å²) in [5.74, 6) is 7.31. The lowest BCUT2D eigenvalue weighted by Crippen LogP contribution is -2.32. The van der Waals surface area contributed by atoms with Gasteiger partial charge in [0.1, 0.15) is 0 Å². The summed E-state index contributed by atoms with van der Waals surface area (Å²) in [6.45, 7) is 3.38. The van der Waals surface area contributed by atoms with E-state index in [4.69, 9.17) is 0 Å². The summed E-state index contributed by atoms with van der Waals surface area (Å²) in [4.78, 5) is 2.54. The van der Waals surface area contributed by atoms with E-state index in [0.717, 1.165) is 25.2 Å². The van der Waals surface area contributed by atoms with Crippen molar-refractivity contribution in [3.63, 3.8) is 0 Å². The molecule has 1 saturated heterocycles. The van der Waals surface area contributed by atoms with Gasteiger partial charge >= 0.3 is 0 Å². The van der Waals surface area contributed by atoms with Crippen molar-refractivity contribution in [2.45, 2.75) is 19.4 Å². The molecule has 1 nitrogen and oxygen atoms in total. The molecular weight excluding hydrogens is 254 g/mol. The van der Waals surface area contributed by atoms with Crippen LogP contribution in [0.4, 0.5) is 0 Å². The number of likely N-dealkylation sites (tertiary alicyclic amines) is 1. The van der Waals surface area contributed by atoms with Crippen LogP contribution in [0.3, 0.4) is 0 Å². The fourth-order valence-electron chi connectivity index (χ4n) is 2.78. The predicted octanol–water partition coefficient (Wildman–Crippen LogP) is 3.95. The Morgan fingerprint density at radius 1 is 0.857 bits per heavy atom. The Morgan fingerprint density at radius 3 is 2.14 bits per heavy atom. The second-order valence-electron chi connectivity index (χ2n) is 5.67. The highest BCUT2D eigenvalue weighted by atomic mass is 15.1. The SMILES string of the molecule is C(#CC1CCN(Cc2ccccc2)CC1)c1ccccc1. The van der Waals surface area contributed by atoms with Gasteiger partial charge in [0, 0.05) is 18.0 Å². The van der Waals surface area contributed by atoms with E-state index in [0.29, 0.717) is 5.92 Å². The van der Waals surface area contributed by atoms with Crippen LogP contribution in [0, 0.1) is 17.8 Å². The maximum absolute atomic E-state index is 3.45. The number of piperidine rings is 1. The summed E-state index contributed by atoms with van der Waals surface area (Å²) in [5, 5.41) is 0. The van der Waals surface area contributed by atoms with Gasteiger partial charge in [0.05, 0.1) is 0 Å². The minimum absolute atomic E-state index is 0.553. The molecular formula is C20H21N. The monoisotopic (exact) mass is 275 g/mol. The van der Waals surface area contributed by atoms with Crippen molar-refractivity contribution in [3.8, 4) is 11.8 Å². The number of hydrogen-bond donors (Lipinski definition) is 0. The van der Waals surface area contributed by atoms with Gasteiger partial charge in [-0.05, 0) is 43.6 Å². The van der Waals surface area contributed by atoms with E-state index < -0.39 is 0 Å². The highest BCUT2D eigenvalue weighted by Gasteiger charge is 2.17. The third kappa shape index (κ3) is 4.21. The van der Waals surface area contributed by atoms with E-state index in [-0.39, 0.29) is 0 Å². The molecule has 3 rings (SSSR count). The van der Waals surface area contributed by atoms with Crippen LogP contribution >= 0.6 is 0 Å². The van der Waals surface area contributed by atoms with Gasteiger partial charge in [-0.25, -0.2) is 0 Å². The van der Waals surface area contributed by atoms with Gasteiger partial charge in [0.2, 0.25) is 0 Å². The quantitative estimate of drug-likeness (QED) is 0.750. The van der Waals surface area contributed by atoms with Crippen LogP contribution in [-0.2, 0) is 6.54 Å². The first-order valence-corrected chi connectivity index (χ1v) is 7.73. The van der Waals surface area contributed by atoms with Gasteiger partial charge in [-0.2, -0.15) is 0 Å². The first-order valence-electron chi connectivity index (χ1n) is 7.73. The number of hydrogen-bond acceptors (Lipinski definition) is 1. The molecule has 2 aromatic rings. The number of benzene rings is 2. The van der Waals surface area contributed by atoms with Gasteiger partial charge in [-0.1, -0.05) is 60.4 Å². The van der Waals surface area contributed by atoms with Gasteiger partial charge in [-0.3, -0.25) is 4.90 Å². The van der Waals surface area contributed by atoms with Crippen LogP contribution in [0.15, 0.2) is 60.7 Å². The van der Waals surface area contributed by atoms with E-state index >= 15 is 0 Å². The average molecular weight is 275 g/mol. The van der Waals surface area contributed by atoms with E-state index in [1.165, 1.54) is 18.4 Å². The lowest BCUT2D eigenvalue weighted by atomic mass is 9.96. The third-order valence-electron chi connectivity index (χ3n) is 4.03. The largest absolute Gasteiger partial charge is 0.299 e. The Kier molecular flexibility index (Phi) is 4.71. The molecule has 0 aliphatic carbocycles. The van der Waals surface area contributed by atoms with Crippen molar-refractivity contribution in [1.29, 1.82) is 0 Å². The fraction of sp³-hybridized carbons (Fsp3) is 0.300. The Hall–Kier alpha value is -2.04. The van der Waals surface area contributed by atoms with Crippen LogP contribution < -0.4 is 0 Å². The van der Waals surface area contributed by atoms with Crippen molar-refractivity contribution < 1.29 is 0 Å². The topological polar surface area (TPSA) is 3.24 Å². The molecule has 1 fully saturated rings. The smallest absolute Gasteiger partial charge is 0.0245 e. The molecule has 0 unspecified atom stereocenters. The van der Waals surface area contributed by atoms with E-state index in [1.807, 2.05) is 18.2 Å².